The van der Waals surface area contributed by atoms with Gasteiger partial charge in [-0.05, 0) is 60.6 Å². The number of amides is 1. The summed E-state index contributed by atoms with van der Waals surface area (Å²) >= 11 is 5.79. The molecule has 1 saturated carbocycles. The third-order valence-corrected chi connectivity index (χ3v) is 8.70. The topological polar surface area (TPSA) is 151 Å². The zero-order valence-corrected chi connectivity index (χ0v) is 25.7. The van der Waals surface area contributed by atoms with E-state index in [4.69, 9.17) is 16.3 Å². The number of hydrogen-bond donors (Lipinski definition) is 4. The molecule has 2 aromatic rings. The second kappa shape index (κ2) is 13.9. The SMILES string of the molecule is CCC(C)C(NCC[C@@H](NS(=O)(=O)c1cc(F)c(Oc2ccc(Cl)cc2)c(F)c1)C(=O)NO)=C1C(=O)CC(C)(C)CC1=O. The van der Waals surface area contributed by atoms with E-state index in [0.29, 0.717) is 29.3 Å². The summed E-state index contributed by atoms with van der Waals surface area (Å²) in [5.74, 6) is -5.43. The maximum Gasteiger partial charge on any atom is 0.261 e. The number of carbonyl (C=O) groups excluding carboxylic acids is 3. The van der Waals surface area contributed by atoms with Crippen molar-refractivity contribution in [2.45, 2.75) is 64.3 Å². The van der Waals surface area contributed by atoms with E-state index in [1.165, 1.54) is 29.7 Å². The molecule has 1 fully saturated rings. The molecule has 2 aromatic carbocycles. The lowest BCUT2D eigenvalue weighted by Gasteiger charge is -2.31. The van der Waals surface area contributed by atoms with Gasteiger partial charge in [0.1, 0.15) is 11.8 Å². The molecule has 1 unspecified atom stereocenters. The molecule has 0 spiro atoms. The number of allylic oxidation sites excluding steroid dienone is 2. The van der Waals surface area contributed by atoms with Gasteiger partial charge in [-0.25, -0.2) is 22.7 Å². The van der Waals surface area contributed by atoms with Gasteiger partial charge in [-0.3, -0.25) is 19.6 Å². The van der Waals surface area contributed by atoms with Crippen LogP contribution in [0.15, 0.2) is 52.6 Å². The van der Waals surface area contributed by atoms with Crippen molar-refractivity contribution in [3.8, 4) is 11.5 Å². The van der Waals surface area contributed by atoms with Crippen LogP contribution >= 0.6 is 11.6 Å². The number of nitrogens with one attached hydrogen (secondary N) is 3. The quantitative estimate of drug-likeness (QED) is 0.112. The highest BCUT2D eigenvalue weighted by molar-refractivity contribution is 7.89. The highest BCUT2D eigenvalue weighted by atomic mass is 35.5. The van der Waals surface area contributed by atoms with Crippen LogP contribution in [0.4, 0.5) is 8.78 Å². The Morgan fingerprint density at radius 2 is 1.65 bits per heavy atom. The second-order valence-corrected chi connectivity index (χ2v) is 13.2. The van der Waals surface area contributed by atoms with Crippen LogP contribution in [0, 0.1) is 23.0 Å². The first-order chi connectivity index (χ1) is 20.1. The van der Waals surface area contributed by atoms with Crippen LogP contribution in [0.1, 0.15) is 53.4 Å². The molecule has 0 radical (unpaired) electrons. The van der Waals surface area contributed by atoms with Crippen molar-refractivity contribution >= 4 is 39.1 Å². The first kappa shape index (κ1) is 34.1. The molecule has 1 aliphatic rings. The van der Waals surface area contributed by atoms with Crippen molar-refractivity contribution in [2.24, 2.45) is 11.3 Å². The van der Waals surface area contributed by atoms with Gasteiger partial charge in [0.15, 0.2) is 29.0 Å². The van der Waals surface area contributed by atoms with Gasteiger partial charge in [0, 0.05) is 30.1 Å². The van der Waals surface area contributed by atoms with E-state index in [1.54, 1.807) is 0 Å². The van der Waals surface area contributed by atoms with E-state index in [0.717, 1.165) is 0 Å². The van der Waals surface area contributed by atoms with Gasteiger partial charge in [0.25, 0.3) is 5.91 Å². The lowest BCUT2D eigenvalue weighted by molar-refractivity contribution is -0.131. The predicted molar refractivity (Wildman–Crippen MR) is 154 cm³/mol. The Kier molecular flexibility index (Phi) is 11.0. The van der Waals surface area contributed by atoms with Crippen LogP contribution in [0.3, 0.4) is 0 Å². The van der Waals surface area contributed by atoms with Gasteiger partial charge >= 0.3 is 0 Å². The molecule has 0 aromatic heterocycles. The summed E-state index contributed by atoms with van der Waals surface area (Å²) in [6.07, 6.45) is 0.677. The van der Waals surface area contributed by atoms with E-state index in [9.17, 15) is 36.8 Å². The molecule has 14 heteroatoms. The molecule has 2 atom stereocenters. The van der Waals surface area contributed by atoms with E-state index >= 15 is 0 Å². The number of hydroxylamine groups is 1. The second-order valence-electron chi connectivity index (χ2n) is 11.1. The van der Waals surface area contributed by atoms with Crippen molar-refractivity contribution < 1.29 is 41.5 Å². The van der Waals surface area contributed by atoms with E-state index in [2.05, 4.69) is 5.32 Å². The molecule has 10 nitrogen and oxygen atoms in total. The highest BCUT2D eigenvalue weighted by Crippen LogP contribution is 2.36. The molecule has 0 saturated heterocycles. The van der Waals surface area contributed by atoms with Crippen LogP contribution in [-0.4, -0.2) is 43.7 Å². The Morgan fingerprint density at radius 3 is 2.16 bits per heavy atom. The fourth-order valence-electron chi connectivity index (χ4n) is 4.62. The number of rotatable bonds is 12. The van der Waals surface area contributed by atoms with Gasteiger partial charge < -0.3 is 10.1 Å². The highest BCUT2D eigenvalue weighted by Gasteiger charge is 2.38. The third kappa shape index (κ3) is 8.59. The third-order valence-electron chi connectivity index (χ3n) is 7.00. The molecule has 1 amide bonds. The molecule has 1 aliphatic carbocycles. The van der Waals surface area contributed by atoms with E-state index in [1.807, 2.05) is 32.4 Å². The number of hydrogen-bond acceptors (Lipinski definition) is 8. The lowest BCUT2D eigenvalue weighted by atomic mass is 9.73. The molecular weight excluding hydrogens is 608 g/mol. The summed E-state index contributed by atoms with van der Waals surface area (Å²) in [4.78, 5) is 37.3. The minimum absolute atomic E-state index is 0.0511. The first-order valence-corrected chi connectivity index (χ1v) is 15.4. The average molecular weight is 642 g/mol. The standard InChI is InChI=1S/C29H34ClF2N3O7S/c1-5-16(2)26(25-23(36)14-29(3,4)15-24(25)37)33-11-10-22(28(38)34-39)35-43(40,41)19-12-20(31)27(21(32)13-19)42-18-8-6-17(30)7-9-18/h6-9,12-13,16,22,33,35,39H,5,10-11,14-15H2,1-4H3,(H,34,38)/t16?,22-/m1/s1. The normalized spacial score (nSPS) is 16.4. The Morgan fingerprint density at radius 1 is 1.09 bits per heavy atom. The number of halogens is 3. The van der Waals surface area contributed by atoms with Crippen molar-refractivity contribution in [2.75, 3.05) is 6.54 Å². The number of sulfonamides is 1. The van der Waals surface area contributed by atoms with Crippen molar-refractivity contribution in [3.63, 3.8) is 0 Å². The smallest absolute Gasteiger partial charge is 0.261 e. The van der Waals surface area contributed by atoms with Crippen molar-refractivity contribution in [3.05, 3.63) is 64.3 Å². The summed E-state index contributed by atoms with van der Waals surface area (Å²) in [7, 11) is -4.70. The van der Waals surface area contributed by atoms with E-state index < -0.39 is 49.7 Å². The molecule has 0 bridgehead atoms. The summed E-state index contributed by atoms with van der Waals surface area (Å²) < 4.78 is 62.9. The predicted octanol–water partition coefficient (Wildman–Crippen LogP) is 4.80. The van der Waals surface area contributed by atoms with Crippen LogP contribution < -0.4 is 20.3 Å². The molecule has 234 valence electrons. The fraction of sp³-hybridized carbons (Fsp3) is 0.414. The number of ether oxygens (including phenoxy) is 1. The number of ketones is 2. The van der Waals surface area contributed by atoms with Crippen molar-refractivity contribution in [1.29, 1.82) is 0 Å². The van der Waals surface area contributed by atoms with Gasteiger partial charge in [-0.1, -0.05) is 39.3 Å². The monoisotopic (exact) mass is 641 g/mol. The zero-order chi connectivity index (χ0) is 32.1. The van der Waals surface area contributed by atoms with E-state index in [-0.39, 0.29) is 54.6 Å². The Labute approximate surface area is 253 Å². The summed E-state index contributed by atoms with van der Waals surface area (Å²) in [6.45, 7) is 7.26. The van der Waals surface area contributed by atoms with Crippen LogP contribution in [-0.2, 0) is 24.4 Å². The largest absolute Gasteiger partial charge is 0.451 e. The molecular formula is C29H34ClF2N3O7S. The molecule has 0 aliphatic heterocycles. The first-order valence-electron chi connectivity index (χ1n) is 13.5. The molecule has 43 heavy (non-hydrogen) atoms. The average Bonchev–Trinajstić information content (AvgIpc) is 2.92. The number of benzene rings is 2. The van der Waals surface area contributed by atoms with Crippen molar-refractivity contribution in [1.82, 2.24) is 15.5 Å². The Hall–Kier alpha value is -3.39. The molecule has 4 N–H and O–H groups in total. The van der Waals surface area contributed by atoms with Crippen LogP contribution in [0.2, 0.25) is 5.02 Å². The summed E-state index contributed by atoms with van der Waals surface area (Å²) in [6, 6.07) is 5.05. The fourth-order valence-corrected chi connectivity index (χ4v) is 5.99. The Balaban J connectivity index is 1.80. The minimum Gasteiger partial charge on any atom is -0.451 e. The van der Waals surface area contributed by atoms with Gasteiger partial charge in [0.05, 0.1) is 10.5 Å². The number of carbonyl (C=O) groups is 3. The lowest BCUT2D eigenvalue weighted by Crippen LogP contribution is -2.47. The van der Waals surface area contributed by atoms with Crippen LogP contribution in [0.25, 0.3) is 0 Å². The van der Waals surface area contributed by atoms with Gasteiger partial charge in [-0.15, -0.1) is 0 Å². The Bertz CT molecular complexity index is 1480. The van der Waals surface area contributed by atoms with Crippen LogP contribution in [0.5, 0.6) is 11.5 Å². The maximum absolute atomic E-state index is 14.8. The minimum atomic E-state index is -4.70. The zero-order valence-electron chi connectivity index (χ0n) is 24.1. The summed E-state index contributed by atoms with van der Waals surface area (Å²) in [5, 5.41) is 12.6. The number of Topliss-reactive ketones (excluding diaryl/α,β-unsaturated/α-hetero) is 2. The molecule has 0 heterocycles. The van der Waals surface area contributed by atoms with Gasteiger partial charge in [0.2, 0.25) is 10.0 Å². The molecule has 3 rings (SSSR count). The van der Waals surface area contributed by atoms with Gasteiger partial charge in [-0.2, -0.15) is 4.72 Å². The summed E-state index contributed by atoms with van der Waals surface area (Å²) in [5.41, 5.74) is 1.34. The maximum atomic E-state index is 14.8.